The fraction of sp³-hybridized carbons (Fsp3) is 0.211. The normalized spacial score (nSPS) is 10.8. The molecule has 3 aromatic rings. The molecule has 1 heterocycles. The maximum atomic E-state index is 13.6. The van der Waals surface area contributed by atoms with E-state index in [4.69, 9.17) is 0 Å². The fourth-order valence-electron chi connectivity index (χ4n) is 2.54. The van der Waals surface area contributed by atoms with Gasteiger partial charge in [-0.15, -0.1) is 0 Å². The molecule has 0 bridgehead atoms. The molecule has 0 atom stereocenters. The number of nitrogens with zero attached hydrogens (tertiary/aromatic N) is 3. The number of carbonyl (C=O) groups is 1. The predicted molar refractivity (Wildman–Crippen MR) is 90.7 cm³/mol. The van der Waals surface area contributed by atoms with Gasteiger partial charge in [0.15, 0.2) is 0 Å². The number of fused-ring (bicyclic) bond motifs is 1. The molecule has 0 radical (unpaired) electrons. The largest absolute Gasteiger partial charge is 0.340 e. The summed E-state index contributed by atoms with van der Waals surface area (Å²) >= 11 is 0. The van der Waals surface area contributed by atoms with Crippen molar-refractivity contribution in [3.8, 4) is 0 Å². The van der Waals surface area contributed by atoms with Gasteiger partial charge in [0.1, 0.15) is 5.82 Å². The van der Waals surface area contributed by atoms with Crippen LogP contribution in [0.3, 0.4) is 0 Å². The zero-order valence-corrected chi connectivity index (χ0v) is 13.4. The number of aryl methyl sites for hydroxylation is 1. The third kappa shape index (κ3) is 3.74. The Bertz CT molecular complexity index is 866. The standard InChI is InChI=1S/C19H18FN3O/c1-23(19(24)11-10-14-6-2-3-7-16(14)20)13-15-12-21-17-8-4-5-9-18(17)22-15/h2-9,12H,10-11,13H2,1H3. The summed E-state index contributed by atoms with van der Waals surface area (Å²) in [7, 11) is 1.72. The molecule has 0 N–H and O–H groups in total. The summed E-state index contributed by atoms with van der Waals surface area (Å²) in [6.07, 6.45) is 2.33. The molecule has 122 valence electrons. The number of aromatic nitrogens is 2. The second-order valence-electron chi connectivity index (χ2n) is 5.69. The van der Waals surface area contributed by atoms with E-state index < -0.39 is 0 Å². The lowest BCUT2D eigenvalue weighted by Gasteiger charge is -2.17. The van der Waals surface area contributed by atoms with Gasteiger partial charge in [0, 0.05) is 13.5 Å². The first-order chi connectivity index (χ1) is 11.6. The highest BCUT2D eigenvalue weighted by molar-refractivity contribution is 5.76. The molecule has 24 heavy (non-hydrogen) atoms. The molecular weight excluding hydrogens is 305 g/mol. The van der Waals surface area contributed by atoms with Crippen molar-refractivity contribution in [3.05, 3.63) is 71.8 Å². The molecule has 1 amide bonds. The lowest BCUT2D eigenvalue weighted by molar-refractivity contribution is -0.130. The number of para-hydroxylation sites is 2. The van der Waals surface area contributed by atoms with Crippen LogP contribution in [0.25, 0.3) is 11.0 Å². The minimum Gasteiger partial charge on any atom is -0.340 e. The summed E-state index contributed by atoms with van der Waals surface area (Å²) in [4.78, 5) is 22.7. The Balaban J connectivity index is 1.61. The van der Waals surface area contributed by atoms with E-state index in [1.165, 1.54) is 6.07 Å². The monoisotopic (exact) mass is 323 g/mol. The summed E-state index contributed by atoms with van der Waals surface area (Å²) in [5.41, 5.74) is 2.93. The van der Waals surface area contributed by atoms with Crippen LogP contribution in [0.1, 0.15) is 17.7 Å². The van der Waals surface area contributed by atoms with Crippen molar-refractivity contribution in [2.75, 3.05) is 7.05 Å². The van der Waals surface area contributed by atoms with E-state index in [2.05, 4.69) is 9.97 Å². The highest BCUT2D eigenvalue weighted by Gasteiger charge is 2.12. The summed E-state index contributed by atoms with van der Waals surface area (Å²) in [6.45, 7) is 0.383. The van der Waals surface area contributed by atoms with Crippen molar-refractivity contribution < 1.29 is 9.18 Å². The van der Waals surface area contributed by atoms with E-state index in [0.29, 0.717) is 18.5 Å². The van der Waals surface area contributed by atoms with Crippen LogP contribution in [0.5, 0.6) is 0 Å². The molecule has 0 saturated heterocycles. The van der Waals surface area contributed by atoms with E-state index in [9.17, 15) is 9.18 Å². The molecule has 3 rings (SSSR count). The summed E-state index contributed by atoms with van der Waals surface area (Å²) < 4.78 is 13.6. The third-order valence-electron chi connectivity index (χ3n) is 3.89. The molecule has 0 aliphatic heterocycles. The molecule has 4 nitrogen and oxygen atoms in total. The zero-order valence-electron chi connectivity index (χ0n) is 13.4. The van der Waals surface area contributed by atoms with Gasteiger partial charge >= 0.3 is 0 Å². The molecule has 5 heteroatoms. The maximum absolute atomic E-state index is 13.6. The first-order valence-corrected chi connectivity index (χ1v) is 7.81. The SMILES string of the molecule is CN(Cc1cnc2ccccc2n1)C(=O)CCc1ccccc1F. The fourth-order valence-corrected chi connectivity index (χ4v) is 2.54. The number of hydrogen-bond donors (Lipinski definition) is 0. The molecule has 0 aliphatic carbocycles. The predicted octanol–water partition coefficient (Wildman–Crippen LogP) is 3.36. The average Bonchev–Trinajstić information content (AvgIpc) is 2.60. The van der Waals surface area contributed by atoms with Gasteiger partial charge in [-0.25, -0.2) is 9.37 Å². The van der Waals surface area contributed by atoms with Crippen molar-refractivity contribution >= 4 is 16.9 Å². The number of carbonyl (C=O) groups excluding carboxylic acids is 1. The van der Waals surface area contributed by atoms with Crippen molar-refractivity contribution in [1.29, 1.82) is 0 Å². The van der Waals surface area contributed by atoms with Crippen molar-refractivity contribution in [2.24, 2.45) is 0 Å². The Morgan fingerprint density at radius 1 is 1.08 bits per heavy atom. The van der Waals surface area contributed by atoms with E-state index in [-0.39, 0.29) is 18.1 Å². The van der Waals surface area contributed by atoms with E-state index >= 15 is 0 Å². The van der Waals surface area contributed by atoms with Crippen LogP contribution in [-0.4, -0.2) is 27.8 Å². The lowest BCUT2D eigenvalue weighted by atomic mass is 10.1. The van der Waals surface area contributed by atoms with Gasteiger partial charge in [-0.3, -0.25) is 9.78 Å². The maximum Gasteiger partial charge on any atom is 0.222 e. The Hall–Kier alpha value is -2.82. The summed E-state index contributed by atoms with van der Waals surface area (Å²) in [6, 6.07) is 14.1. The van der Waals surface area contributed by atoms with Crippen LogP contribution < -0.4 is 0 Å². The number of amides is 1. The Morgan fingerprint density at radius 2 is 1.79 bits per heavy atom. The molecular formula is C19H18FN3O. The Labute approximate surface area is 140 Å². The lowest BCUT2D eigenvalue weighted by Crippen LogP contribution is -2.27. The Morgan fingerprint density at radius 3 is 2.58 bits per heavy atom. The minimum absolute atomic E-state index is 0.0480. The van der Waals surface area contributed by atoms with Crippen LogP contribution in [0, 0.1) is 5.82 Å². The smallest absolute Gasteiger partial charge is 0.222 e. The first-order valence-electron chi connectivity index (χ1n) is 7.81. The van der Waals surface area contributed by atoms with E-state index in [0.717, 1.165) is 16.7 Å². The zero-order chi connectivity index (χ0) is 16.9. The van der Waals surface area contributed by atoms with Gasteiger partial charge in [0.05, 0.1) is 29.5 Å². The van der Waals surface area contributed by atoms with Crippen LogP contribution in [-0.2, 0) is 17.8 Å². The number of rotatable bonds is 5. The van der Waals surface area contributed by atoms with Gasteiger partial charge in [-0.05, 0) is 30.2 Å². The second-order valence-corrected chi connectivity index (χ2v) is 5.69. The molecule has 0 spiro atoms. The highest BCUT2D eigenvalue weighted by atomic mass is 19.1. The molecule has 0 saturated carbocycles. The van der Waals surface area contributed by atoms with Crippen LogP contribution >= 0.6 is 0 Å². The molecule has 1 aromatic heterocycles. The minimum atomic E-state index is -0.270. The second kappa shape index (κ2) is 7.17. The van der Waals surface area contributed by atoms with Crippen molar-refractivity contribution in [3.63, 3.8) is 0 Å². The first kappa shape index (κ1) is 16.1. The van der Waals surface area contributed by atoms with Crippen LogP contribution in [0.15, 0.2) is 54.7 Å². The van der Waals surface area contributed by atoms with E-state index in [1.807, 2.05) is 24.3 Å². The van der Waals surface area contributed by atoms with Gasteiger partial charge in [0.2, 0.25) is 5.91 Å². The van der Waals surface area contributed by atoms with Gasteiger partial charge in [0.25, 0.3) is 0 Å². The molecule has 2 aromatic carbocycles. The van der Waals surface area contributed by atoms with Crippen molar-refractivity contribution in [1.82, 2.24) is 14.9 Å². The highest BCUT2D eigenvalue weighted by Crippen LogP contribution is 2.12. The molecule has 0 unspecified atom stereocenters. The Kier molecular flexibility index (Phi) is 4.79. The van der Waals surface area contributed by atoms with Gasteiger partial charge in [-0.1, -0.05) is 30.3 Å². The summed E-state index contributed by atoms with van der Waals surface area (Å²) in [5.74, 6) is -0.318. The molecule has 0 aliphatic rings. The van der Waals surface area contributed by atoms with Gasteiger partial charge in [-0.2, -0.15) is 0 Å². The van der Waals surface area contributed by atoms with Crippen molar-refractivity contribution in [2.45, 2.75) is 19.4 Å². The third-order valence-corrected chi connectivity index (χ3v) is 3.89. The number of benzene rings is 2. The van der Waals surface area contributed by atoms with Crippen LogP contribution in [0.2, 0.25) is 0 Å². The average molecular weight is 323 g/mol. The number of hydrogen-bond acceptors (Lipinski definition) is 3. The van der Waals surface area contributed by atoms with E-state index in [1.54, 1.807) is 36.3 Å². The summed E-state index contributed by atoms with van der Waals surface area (Å²) in [5, 5.41) is 0. The quantitative estimate of drug-likeness (QED) is 0.723. The number of halogens is 1. The molecule has 0 fully saturated rings. The topological polar surface area (TPSA) is 46.1 Å². The van der Waals surface area contributed by atoms with Crippen LogP contribution in [0.4, 0.5) is 4.39 Å². The van der Waals surface area contributed by atoms with Gasteiger partial charge < -0.3 is 4.90 Å².